The highest BCUT2D eigenvalue weighted by atomic mass is 16.5. The summed E-state index contributed by atoms with van der Waals surface area (Å²) in [5.41, 5.74) is 0.0849. The fourth-order valence-electron chi connectivity index (χ4n) is 1.21. The van der Waals surface area contributed by atoms with Gasteiger partial charge in [-0.05, 0) is 12.1 Å². The molecule has 0 saturated heterocycles. The Morgan fingerprint density at radius 1 is 1.25 bits per heavy atom. The molecule has 5 heteroatoms. The Kier molecular flexibility index (Phi) is 3.88. The van der Waals surface area contributed by atoms with Crippen LogP contribution in [0.15, 0.2) is 18.2 Å². The van der Waals surface area contributed by atoms with Gasteiger partial charge in [-0.1, -0.05) is 0 Å². The quantitative estimate of drug-likeness (QED) is 0.593. The fraction of sp³-hybridized carbons (Fsp3) is 0.273. The number of ketones is 1. The lowest BCUT2D eigenvalue weighted by Crippen LogP contribution is -2.06. The highest BCUT2D eigenvalue weighted by Gasteiger charge is 2.13. The summed E-state index contributed by atoms with van der Waals surface area (Å²) in [7, 11) is 1.24. The molecular weight excluding hydrogens is 212 g/mol. The summed E-state index contributed by atoms with van der Waals surface area (Å²) in [4.78, 5) is 22.4. The number of carbonyl (C=O) groups excluding carboxylic acids is 2. The van der Waals surface area contributed by atoms with Gasteiger partial charge >= 0.3 is 5.97 Å². The number of hydrogen-bond donors (Lipinski definition) is 2. The zero-order valence-electron chi connectivity index (χ0n) is 8.77. The van der Waals surface area contributed by atoms with Crippen LogP contribution >= 0.6 is 0 Å². The molecule has 0 aromatic heterocycles. The SMILES string of the molecule is COC(=O)CCC(=O)c1ccc(O)cc1O. The van der Waals surface area contributed by atoms with E-state index in [4.69, 9.17) is 5.11 Å². The second kappa shape index (κ2) is 5.16. The van der Waals surface area contributed by atoms with Gasteiger partial charge in [0.05, 0.1) is 19.1 Å². The Labute approximate surface area is 92.3 Å². The van der Waals surface area contributed by atoms with Crippen LogP contribution in [0.1, 0.15) is 23.2 Å². The average molecular weight is 224 g/mol. The van der Waals surface area contributed by atoms with Gasteiger partial charge < -0.3 is 14.9 Å². The molecule has 0 radical (unpaired) electrons. The number of carbonyl (C=O) groups is 2. The molecule has 0 fully saturated rings. The molecule has 5 nitrogen and oxygen atoms in total. The monoisotopic (exact) mass is 224 g/mol. The van der Waals surface area contributed by atoms with E-state index in [1.54, 1.807) is 0 Å². The topological polar surface area (TPSA) is 83.8 Å². The molecule has 0 atom stereocenters. The van der Waals surface area contributed by atoms with E-state index in [1.165, 1.54) is 19.2 Å². The van der Waals surface area contributed by atoms with E-state index < -0.39 is 5.97 Å². The number of ether oxygens (including phenoxy) is 1. The maximum absolute atomic E-state index is 11.5. The van der Waals surface area contributed by atoms with E-state index in [1.807, 2.05) is 0 Å². The summed E-state index contributed by atoms with van der Waals surface area (Å²) in [6.45, 7) is 0. The van der Waals surface area contributed by atoms with E-state index in [9.17, 15) is 14.7 Å². The molecule has 1 aromatic rings. The number of phenols is 2. The van der Waals surface area contributed by atoms with Crippen molar-refractivity contribution in [3.8, 4) is 11.5 Å². The number of Topliss-reactive ketones (excluding diaryl/α,β-unsaturated/α-hetero) is 1. The summed E-state index contributed by atoms with van der Waals surface area (Å²) in [5, 5.41) is 18.4. The first-order valence-corrected chi connectivity index (χ1v) is 4.66. The van der Waals surface area contributed by atoms with E-state index in [-0.39, 0.29) is 35.7 Å². The number of aromatic hydroxyl groups is 2. The Hall–Kier alpha value is -2.04. The van der Waals surface area contributed by atoms with E-state index in [0.717, 1.165) is 6.07 Å². The van der Waals surface area contributed by atoms with Gasteiger partial charge in [0.1, 0.15) is 11.5 Å². The minimum atomic E-state index is -0.480. The largest absolute Gasteiger partial charge is 0.508 e. The van der Waals surface area contributed by atoms with Crippen LogP contribution in [-0.4, -0.2) is 29.1 Å². The number of hydrogen-bond acceptors (Lipinski definition) is 5. The van der Waals surface area contributed by atoms with Crippen LogP contribution < -0.4 is 0 Å². The maximum atomic E-state index is 11.5. The predicted octanol–water partition coefficient (Wildman–Crippen LogP) is 1.23. The molecule has 0 bridgehead atoms. The number of esters is 1. The highest BCUT2D eigenvalue weighted by Crippen LogP contribution is 2.23. The van der Waals surface area contributed by atoms with E-state index in [0.29, 0.717) is 0 Å². The number of rotatable bonds is 4. The molecule has 86 valence electrons. The Balaban J connectivity index is 2.70. The van der Waals surface area contributed by atoms with Crippen LogP contribution in [0.4, 0.5) is 0 Å². The molecule has 0 saturated carbocycles. The van der Waals surface area contributed by atoms with Gasteiger partial charge in [-0.2, -0.15) is 0 Å². The van der Waals surface area contributed by atoms with Gasteiger partial charge in [-0.25, -0.2) is 0 Å². The summed E-state index contributed by atoms with van der Waals surface area (Å²) in [6.07, 6.45) is -0.0688. The third-order valence-electron chi connectivity index (χ3n) is 2.07. The zero-order valence-corrected chi connectivity index (χ0v) is 8.77. The Bertz CT molecular complexity index is 411. The lowest BCUT2D eigenvalue weighted by Gasteiger charge is -2.03. The first-order chi connectivity index (χ1) is 7.54. The first-order valence-electron chi connectivity index (χ1n) is 4.66. The summed E-state index contributed by atoms with van der Waals surface area (Å²) < 4.78 is 4.39. The molecule has 1 rings (SSSR count). The highest BCUT2D eigenvalue weighted by molar-refractivity contribution is 5.99. The lowest BCUT2D eigenvalue weighted by atomic mass is 10.1. The van der Waals surface area contributed by atoms with Crippen LogP contribution in [0.2, 0.25) is 0 Å². The molecule has 0 amide bonds. The minimum Gasteiger partial charge on any atom is -0.508 e. The van der Waals surface area contributed by atoms with E-state index in [2.05, 4.69) is 4.74 Å². The van der Waals surface area contributed by atoms with Crippen molar-refractivity contribution >= 4 is 11.8 Å². The number of benzene rings is 1. The zero-order chi connectivity index (χ0) is 12.1. The van der Waals surface area contributed by atoms with Gasteiger partial charge in [-0.15, -0.1) is 0 Å². The number of methoxy groups -OCH3 is 1. The summed E-state index contributed by atoms with van der Waals surface area (Å²) in [5.74, 6) is -1.27. The maximum Gasteiger partial charge on any atom is 0.305 e. The molecule has 0 spiro atoms. The molecule has 0 aliphatic heterocycles. The predicted molar refractivity (Wildman–Crippen MR) is 55.4 cm³/mol. The third kappa shape index (κ3) is 2.98. The van der Waals surface area contributed by atoms with Crippen molar-refractivity contribution < 1.29 is 24.5 Å². The Morgan fingerprint density at radius 3 is 2.50 bits per heavy atom. The first kappa shape index (κ1) is 12.0. The normalized spacial score (nSPS) is 9.81. The van der Waals surface area contributed by atoms with Crippen LogP contribution in [0.3, 0.4) is 0 Å². The van der Waals surface area contributed by atoms with Crippen molar-refractivity contribution in [2.75, 3.05) is 7.11 Å². The van der Waals surface area contributed by atoms with Crippen LogP contribution in [0, 0.1) is 0 Å². The van der Waals surface area contributed by atoms with Gasteiger partial charge in [0.2, 0.25) is 0 Å². The van der Waals surface area contributed by atoms with Crippen molar-refractivity contribution in [1.29, 1.82) is 0 Å². The fourth-order valence-corrected chi connectivity index (χ4v) is 1.21. The molecule has 1 aromatic carbocycles. The van der Waals surface area contributed by atoms with E-state index >= 15 is 0 Å². The van der Waals surface area contributed by atoms with Gasteiger partial charge in [0.25, 0.3) is 0 Å². The van der Waals surface area contributed by atoms with Crippen molar-refractivity contribution in [2.24, 2.45) is 0 Å². The molecule has 16 heavy (non-hydrogen) atoms. The molecular formula is C11H12O5. The standard InChI is InChI=1S/C11H12O5/c1-16-11(15)5-4-9(13)8-3-2-7(12)6-10(8)14/h2-3,6,12,14H,4-5H2,1H3. The summed E-state index contributed by atoms with van der Waals surface area (Å²) >= 11 is 0. The molecule has 0 aliphatic rings. The molecule has 2 N–H and O–H groups in total. The van der Waals surface area contributed by atoms with Crippen molar-refractivity contribution in [3.63, 3.8) is 0 Å². The second-order valence-electron chi connectivity index (χ2n) is 3.20. The van der Waals surface area contributed by atoms with Crippen molar-refractivity contribution in [2.45, 2.75) is 12.8 Å². The van der Waals surface area contributed by atoms with Gasteiger partial charge in [-0.3, -0.25) is 9.59 Å². The number of phenolic OH excluding ortho intramolecular Hbond substituents is 2. The molecule has 0 heterocycles. The minimum absolute atomic E-state index is 0.0321. The Morgan fingerprint density at radius 2 is 1.94 bits per heavy atom. The van der Waals surface area contributed by atoms with Crippen LogP contribution in [0.25, 0.3) is 0 Å². The van der Waals surface area contributed by atoms with Gasteiger partial charge in [0.15, 0.2) is 5.78 Å². The van der Waals surface area contributed by atoms with Gasteiger partial charge in [0, 0.05) is 12.5 Å². The van der Waals surface area contributed by atoms with Crippen molar-refractivity contribution in [3.05, 3.63) is 23.8 Å². The van der Waals surface area contributed by atoms with Crippen LogP contribution in [0.5, 0.6) is 11.5 Å². The molecule has 0 aliphatic carbocycles. The summed E-state index contributed by atoms with van der Waals surface area (Å²) in [6, 6.07) is 3.68. The second-order valence-corrected chi connectivity index (χ2v) is 3.20. The lowest BCUT2D eigenvalue weighted by molar-refractivity contribution is -0.140. The van der Waals surface area contributed by atoms with Crippen molar-refractivity contribution in [1.82, 2.24) is 0 Å². The third-order valence-corrected chi connectivity index (χ3v) is 2.07. The smallest absolute Gasteiger partial charge is 0.305 e. The average Bonchev–Trinajstić information content (AvgIpc) is 2.25. The van der Waals surface area contributed by atoms with Crippen LogP contribution in [-0.2, 0) is 9.53 Å². The molecule has 0 unspecified atom stereocenters.